The van der Waals surface area contributed by atoms with Crippen LogP contribution in [-0.4, -0.2) is 65.3 Å². The number of rotatable bonds is 5. The molecule has 2 heterocycles. The van der Waals surface area contributed by atoms with Gasteiger partial charge in [-0.15, -0.1) is 0 Å². The standard InChI is InChI=1S/C22H27NO7/c1-28-18-10-15-13(6-7-23-16(15)8-12-2-4-14(24)5-3-12)9-19(18)30-22-21(27)20(26)17(25)11-29-22/h2-5,9-10,16-17,20-27H,6-8,11H2,1H3/p+1. The van der Waals surface area contributed by atoms with E-state index < -0.39 is 24.6 Å². The number of phenolic OH excluding ortho intramolecular Hbond substituents is 1. The first-order valence-corrected chi connectivity index (χ1v) is 10.1. The van der Waals surface area contributed by atoms with E-state index in [-0.39, 0.29) is 18.4 Å². The second-order valence-electron chi connectivity index (χ2n) is 7.82. The van der Waals surface area contributed by atoms with Crippen molar-refractivity contribution in [2.24, 2.45) is 0 Å². The van der Waals surface area contributed by atoms with Crippen LogP contribution in [0.4, 0.5) is 0 Å². The lowest BCUT2D eigenvalue weighted by atomic mass is 9.90. The van der Waals surface area contributed by atoms with Gasteiger partial charge >= 0.3 is 0 Å². The maximum atomic E-state index is 10.2. The molecule has 0 aromatic heterocycles. The summed E-state index contributed by atoms with van der Waals surface area (Å²) in [6.45, 7) is 0.800. The van der Waals surface area contributed by atoms with Gasteiger partial charge < -0.3 is 40.0 Å². The molecule has 5 unspecified atom stereocenters. The van der Waals surface area contributed by atoms with Crippen molar-refractivity contribution < 1.29 is 40.0 Å². The number of fused-ring (bicyclic) bond motifs is 1. The number of nitrogens with two attached hydrogens (primary N) is 1. The van der Waals surface area contributed by atoms with E-state index in [4.69, 9.17) is 14.2 Å². The molecule has 6 N–H and O–H groups in total. The molecule has 162 valence electrons. The van der Waals surface area contributed by atoms with E-state index >= 15 is 0 Å². The zero-order chi connectivity index (χ0) is 21.3. The molecule has 0 radical (unpaired) electrons. The SMILES string of the molecule is COc1cc2c(cc1OC1OCC(O)C(O)C1O)CC[NH2+]C2Cc1ccc(O)cc1. The van der Waals surface area contributed by atoms with Gasteiger partial charge in [0.25, 0.3) is 0 Å². The van der Waals surface area contributed by atoms with Crippen LogP contribution < -0.4 is 14.8 Å². The lowest BCUT2D eigenvalue weighted by Gasteiger charge is -2.35. The normalized spacial score (nSPS) is 28.6. The minimum atomic E-state index is -1.37. The summed E-state index contributed by atoms with van der Waals surface area (Å²) in [6.07, 6.45) is -3.29. The Balaban J connectivity index is 1.57. The van der Waals surface area contributed by atoms with E-state index in [0.717, 1.165) is 36.1 Å². The highest BCUT2D eigenvalue weighted by atomic mass is 16.7. The van der Waals surface area contributed by atoms with Crippen molar-refractivity contribution >= 4 is 0 Å². The van der Waals surface area contributed by atoms with E-state index in [9.17, 15) is 20.4 Å². The molecule has 2 aliphatic heterocycles. The number of aliphatic hydroxyl groups excluding tert-OH is 3. The lowest BCUT2D eigenvalue weighted by molar-refractivity contribution is -0.698. The van der Waals surface area contributed by atoms with Crippen molar-refractivity contribution in [3.8, 4) is 17.2 Å². The lowest BCUT2D eigenvalue weighted by Crippen LogP contribution is -2.87. The predicted octanol–water partition coefficient (Wildman–Crippen LogP) is -0.378. The van der Waals surface area contributed by atoms with Gasteiger partial charge in [0.05, 0.1) is 20.3 Å². The molecule has 8 nitrogen and oxygen atoms in total. The van der Waals surface area contributed by atoms with E-state index in [2.05, 4.69) is 5.32 Å². The van der Waals surface area contributed by atoms with Crippen molar-refractivity contribution in [1.82, 2.24) is 0 Å². The van der Waals surface area contributed by atoms with Crippen LogP contribution in [0.5, 0.6) is 17.2 Å². The average Bonchev–Trinajstić information content (AvgIpc) is 2.75. The molecule has 0 spiro atoms. The van der Waals surface area contributed by atoms with Gasteiger partial charge in [0.1, 0.15) is 30.1 Å². The third-order valence-corrected chi connectivity index (χ3v) is 5.78. The average molecular weight is 418 g/mol. The summed E-state index contributed by atoms with van der Waals surface area (Å²) in [5.41, 5.74) is 3.41. The van der Waals surface area contributed by atoms with Gasteiger partial charge in [-0.25, -0.2) is 0 Å². The first kappa shape index (κ1) is 20.9. The van der Waals surface area contributed by atoms with Gasteiger partial charge in [-0.1, -0.05) is 12.1 Å². The highest BCUT2D eigenvalue weighted by molar-refractivity contribution is 5.49. The van der Waals surface area contributed by atoms with Crippen LogP contribution in [0, 0.1) is 0 Å². The predicted molar refractivity (Wildman–Crippen MR) is 106 cm³/mol. The summed E-state index contributed by atoms with van der Waals surface area (Å²) < 4.78 is 16.7. The Bertz CT molecular complexity index is 873. The number of ether oxygens (including phenoxy) is 3. The first-order chi connectivity index (χ1) is 14.5. The molecule has 0 aliphatic carbocycles. The number of hydrogen-bond donors (Lipinski definition) is 5. The molecule has 1 saturated heterocycles. The largest absolute Gasteiger partial charge is 0.508 e. The van der Waals surface area contributed by atoms with Gasteiger partial charge in [0.15, 0.2) is 11.5 Å². The fourth-order valence-corrected chi connectivity index (χ4v) is 4.09. The zero-order valence-electron chi connectivity index (χ0n) is 16.8. The Morgan fingerprint density at radius 2 is 1.83 bits per heavy atom. The number of phenols is 1. The molecule has 5 atom stereocenters. The summed E-state index contributed by atoms with van der Waals surface area (Å²) >= 11 is 0. The summed E-state index contributed by atoms with van der Waals surface area (Å²) in [7, 11) is 1.55. The van der Waals surface area contributed by atoms with E-state index in [1.165, 1.54) is 0 Å². The minimum absolute atomic E-state index is 0.125. The maximum Gasteiger partial charge on any atom is 0.229 e. The third-order valence-electron chi connectivity index (χ3n) is 5.78. The molecular formula is C22H28NO7+. The highest BCUT2D eigenvalue weighted by Crippen LogP contribution is 2.36. The van der Waals surface area contributed by atoms with Crippen LogP contribution in [0.3, 0.4) is 0 Å². The summed E-state index contributed by atoms with van der Waals surface area (Å²) in [5, 5.41) is 41.5. The van der Waals surface area contributed by atoms with Crippen LogP contribution in [-0.2, 0) is 17.6 Å². The van der Waals surface area contributed by atoms with Crippen molar-refractivity contribution in [2.75, 3.05) is 20.3 Å². The smallest absolute Gasteiger partial charge is 0.229 e. The monoisotopic (exact) mass is 418 g/mol. The van der Waals surface area contributed by atoms with Crippen LogP contribution in [0.25, 0.3) is 0 Å². The van der Waals surface area contributed by atoms with Gasteiger partial charge in [-0.2, -0.15) is 0 Å². The second-order valence-corrected chi connectivity index (χ2v) is 7.82. The topological polar surface area (TPSA) is 125 Å². The molecule has 2 aromatic carbocycles. The van der Waals surface area contributed by atoms with Crippen molar-refractivity contribution in [1.29, 1.82) is 0 Å². The van der Waals surface area contributed by atoms with Gasteiger partial charge in [0, 0.05) is 18.4 Å². The fraction of sp³-hybridized carbons (Fsp3) is 0.455. The highest BCUT2D eigenvalue weighted by Gasteiger charge is 2.39. The Hall–Kier alpha value is -2.36. The number of hydrogen-bond acceptors (Lipinski definition) is 7. The van der Waals surface area contributed by atoms with E-state index in [1.807, 2.05) is 24.3 Å². The molecule has 0 saturated carbocycles. The van der Waals surface area contributed by atoms with Gasteiger partial charge in [-0.05, 0) is 35.4 Å². The Labute approximate surface area is 174 Å². The van der Waals surface area contributed by atoms with E-state index in [1.54, 1.807) is 19.2 Å². The van der Waals surface area contributed by atoms with Crippen LogP contribution >= 0.6 is 0 Å². The van der Waals surface area contributed by atoms with Crippen molar-refractivity contribution in [3.63, 3.8) is 0 Å². The summed E-state index contributed by atoms with van der Waals surface area (Å²) in [6, 6.07) is 11.3. The van der Waals surface area contributed by atoms with Gasteiger partial charge in [-0.3, -0.25) is 0 Å². The van der Waals surface area contributed by atoms with Crippen LogP contribution in [0.15, 0.2) is 36.4 Å². The molecular weight excluding hydrogens is 390 g/mol. The molecule has 8 heteroatoms. The summed E-state index contributed by atoms with van der Waals surface area (Å²) in [5.74, 6) is 1.19. The maximum absolute atomic E-state index is 10.2. The number of aromatic hydroxyl groups is 1. The van der Waals surface area contributed by atoms with E-state index in [0.29, 0.717) is 11.5 Å². The molecule has 0 bridgehead atoms. The Kier molecular flexibility index (Phi) is 6.12. The fourth-order valence-electron chi connectivity index (χ4n) is 4.09. The first-order valence-electron chi connectivity index (χ1n) is 10.1. The second kappa shape index (κ2) is 8.79. The quantitative estimate of drug-likeness (QED) is 0.448. The Morgan fingerprint density at radius 1 is 1.07 bits per heavy atom. The molecule has 30 heavy (non-hydrogen) atoms. The number of methoxy groups -OCH3 is 1. The number of benzene rings is 2. The molecule has 2 aliphatic rings. The van der Waals surface area contributed by atoms with Crippen molar-refractivity contribution in [3.05, 3.63) is 53.1 Å². The molecule has 1 fully saturated rings. The molecule has 0 amide bonds. The molecule has 4 rings (SSSR count). The number of quaternary nitrogens is 1. The minimum Gasteiger partial charge on any atom is -0.508 e. The number of aliphatic hydroxyl groups is 3. The van der Waals surface area contributed by atoms with Crippen molar-refractivity contribution in [2.45, 2.75) is 43.5 Å². The van der Waals surface area contributed by atoms with Crippen LogP contribution in [0.1, 0.15) is 22.7 Å². The molecule has 2 aromatic rings. The van der Waals surface area contributed by atoms with Gasteiger partial charge in [0.2, 0.25) is 6.29 Å². The Morgan fingerprint density at radius 3 is 2.57 bits per heavy atom. The summed E-state index contributed by atoms with van der Waals surface area (Å²) in [4.78, 5) is 0. The van der Waals surface area contributed by atoms with Crippen LogP contribution in [0.2, 0.25) is 0 Å². The third kappa shape index (κ3) is 4.23. The zero-order valence-corrected chi connectivity index (χ0v) is 16.8.